The first-order valence-corrected chi connectivity index (χ1v) is 6.27. The van der Waals surface area contributed by atoms with Crippen molar-refractivity contribution in [1.82, 2.24) is 9.78 Å². The molecule has 0 bridgehead atoms. The van der Waals surface area contributed by atoms with E-state index in [1.165, 1.54) is 12.0 Å². The van der Waals surface area contributed by atoms with Gasteiger partial charge in [0.1, 0.15) is 0 Å². The van der Waals surface area contributed by atoms with Crippen molar-refractivity contribution in [3.05, 3.63) is 35.5 Å². The first kappa shape index (κ1) is 12.5. The number of nitrogens with zero attached hydrogens (tertiary/aromatic N) is 2. The molecule has 0 amide bonds. The Labute approximate surface area is 108 Å². The van der Waals surface area contributed by atoms with Crippen molar-refractivity contribution in [2.24, 2.45) is 7.05 Å². The second-order valence-electron chi connectivity index (χ2n) is 4.54. The number of nitrogens with two attached hydrogens (primary N) is 1. The second-order valence-corrected chi connectivity index (χ2v) is 4.54. The molecule has 4 heteroatoms. The summed E-state index contributed by atoms with van der Waals surface area (Å²) in [6.07, 6.45) is 2.29. The number of aryl methyl sites for hydroxylation is 3. The van der Waals surface area contributed by atoms with Gasteiger partial charge in [0, 0.05) is 12.7 Å². The minimum atomic E-state index is 0.704. The zero-order chi connectivity index (χ0) is 13.1. The molecule has 0 saturated heterocycles. The fourth-order valence-corrected chi connectivity index (χ4v) is 2.00. The van der Waals surface area contributed by atoms with Gasteiger partial charge in [-0.3, -0.25) is 4.68 Å². The molecule has 0 spiro atoms. The van der Waals surface area contributed by atoms with Gasteiger partial charge >= 0.3 is 0 Å². The lowest BCUT2D eigenvalue weighted by molar-refractivity contribution is 0.765. The van der Waals surface area contributed by atoms with Crippen LogP contribution in [0.1, 0.15) is 24.6 Å². The summed E-state index contributed by atoms with van der Waals surface area (Å²) in [4.78, 5) is 0. The van der Waals surface area contributed by atoms with Crippen LogP contribution in [0.15, 0.2) is 24.3 Å². The van der Waals surface area contributed by atoms with E-state index in [1.807, 2.05) is 14.0 Å². The monoisotopic (exact) mass is 244 g/mol. The van der Waals surface area contributed by atoms with E-state index in [2.05, 4.69) is 41.6 Å². The summed E-state index contributed by atoms with van der Waals surface area (Å²) in [5.74, 6) is 0.843. The molecule has 2 rings (SSSR count). The zero-order valence-corrected chi connectivity index (χ0v) is 11.2. The molecular formula is C14H20N4. The Morgan fingerprint density at radius 3 is 2.44 bits per heavy atom. The molecular weight excluding hydrogens is 224 g/mol. The lowest BCUT2D eigenvalue weighted by Gasteiger charge is -2.08. The van der Waals surface area contributed by atoms with Crippen LogP contribution in [0.25, 0.3) is 0 Å². The van der Waals surface area contributed by atoms with Crippen molar-refractivity contribution in [2.75, 3.05) is 11.1 Å². The quantitative estimate of drug-likeness (QED) is 0.869. The zero-order valence-electron chi connectivity index (χ0n) is 11.2. The van der Waals surface area contributed by atoms with Gasteiger partial charge in [-0.15, -0.1) is 0 Å². The molecule has 1 aromatic carbocycles. The van der Waals surface area contributed by atoms with Crippen LogP contribution in [0, 0.1) is 6.92 Å². The largest absolute Gasteiger partial charge is 0.394 e. The van der Waals surface area contributed by atoms with Crippen LogP contribution in [0.4, 0.5) is 17.2 Å². The molecule has 96 valence electrons. The maximum atomic E-state index is 5.98. The molecule has 1 heterocycles. The van der Waals surface area contributed by atoms with Crippen LogP contribution >= 0.6 is 0 Å². The van der Waals surface area contributed by atoms with Gasteiger partial charge in [-0.25, -0.2) is 0 Å². The van der Waals surface area contributed by atoms with E-state index in [0.29, 0.717) is 5.69 Å². The summed E-state index contributed by atoms with van der Waals surface area (Å²) >= 11 is 0. The second kappa shape index (κ2) is 5.12. The number of nitrogens with one attached hydrogen (secondary N) is 1. The summed E-state index contributed by atoms with van der Waals surface area (Å²) in [5.41, 5.74) is 9.93. The number of nitrogen functional groups attached to an aromatic ring is 1. The Morgan fingerprint density at radius 1 is 1.28 bits per heavy atom. The molecule has 0 radical (unpaired) electrons. The predicted molar refractivity (Wildman–Crippen MR) is 76.1 cm³/mol. The van der Waals surface area contributed by atoms with E-state index in [1.54, 1.807) is 4.68 Å². The van der Waals surface area contributed by atoms with Gasteiger partial charge in [-0.1, -0.05) is 25.5 Å². The molecule has 3 N–H and O–H groups in total. The molecule has 0 saturated carbocycles. The number of aromatic nitrogens is 2. The Bertz CT molecular complexity index is 525. The van der Waals surface area contributed by atoms with E-state index in [0.717, 1.165) is 23.6 Å². The average Bonchev–Trinajstić information content (AvgIpc) is 2.59. The highest BCUT2D eigenvalue weighted by molar-refractivity contribution is 5.71. The van der Waals surface area contributed by atoms with E-state index in [4.69, 9.17) is 5.73 Å². The molecule has 0 aliphatic rings. The third-order valence-electron chi connectivity index (χ3n) is 3.02. The molecule has 2 aromatic rings. The molecule has 0 unspecified atom stereocenters. The van der Waals surface area contributed by atoms with Crippen LogP contribution in [0.5, 0.6) is 0 Å². The highest BCUT2D eigenvalue weighted by Gasteiger charge is 2.09. The fraction of sp³-hybridized carbons (Fsp3) is 0.357. The standard InChI is InChI=1S/C14H20N4/c1-4-5-11-6-8-12(9-7-11)16-14-13(15)10(2)17-18(14)3/h6-9,16H,4-5,15H2,1-3H3. The summed E-state index contributed by atoms with van der Waals surface area (Å²) < 4.78 is 1.77. The Balaban J connectivity index is 2.18. The Hall–Kier alpha value is -1.97. The van der Waals surface area contributed by atoms with Gasteiger partial charge in [-0.2, -0.15) is 5.10 Å². The number of hydrogen-bond acceptors (Lipinski definition) is 3. The number of rotatable bonds is 4. The van der Waals surface area contributed by atoms with Gasteiger partial charge in [0.05, 0.1) is 11.4 Å². The first-order valence-electron chi connectivity index (χ1n) is 6.27. The lowest BCUT2D eigenvalue weighted by atomic mass is 10.1. The molecule has 0 fully saturated rings. The smallest absolute Gasteiger partial charge is 0.152 e. The summed E-state index contributed by atoms with van der Waals surface area (Å²) in [5, 5.41) is 7.59. The average molecular weight is 244 g/mol. The van der Waals surface area contributed by atoms with Gasteiger partial charge < -0.3 is 11.1 Å². The third kappa shape index (κ3) is 2.47. The normalized spacial score (nSPS) is 10.6. The van der Waals surface area contributed by atoms with E-state index >= 15 is 0 Å². The van der Waals surface area contributed by atoms with E-state index in [9.17, 15) is 0 Å². The Morgan fingerprint density at radius 2 is 1.94 bits per heavy atom. The molecule has 0 atom stereocenters. The van der Waals surface area contributed by atoms with Crippen LogP contribution in [-0.2, 0) is 13.5 Å². The van der Waals surface area contributed by atoms with Gasteiger partial charge in [0.25, 0.3) is 0 Å². The van der Waals surface area contributed by atoms with Gasteiger partial charge in [0.2, 0.25) is 0 Å². The van der Waals surface area contributed by atoms with Crippen molar-refractivity contribution in [3.8, 4) is 0 Å². The minimum Gasteiger partial charge on any atom is -0.394 e. The van der Waals surface area contributed by atoms with Crippen molar-refractivity contribution in [3.63, 3.8) is 0 Å². The van der Waals surface area contributed by atoms with E-state index in [-0.39, 0.29) is 0 Å². The first-order chi connectivity index (χ1) is 8.61. The van der Waals surface area contributed by atoms with Crippen molar-refractivity contribution < 1.29 is 0 Å². The van der Waals surface area contributed by atoms with Crippen LogP contribution in [0.3, 0.4) is 0 Å². The van der Waals surface area contributed by atoms with E-state index < -0.39 is 0 Å². The lowest BCUT2D eigenvalue weighted by Crippen LogP contribution is -2.01. The van der Waals surface area contributed by atoms with Crippen LogP contribution < -0.4 is 11.1 Å². The number of benzene rings is 1. The van der Waals surface area contributed by atoms with Crippen molar-refractivity contribution in [2.45, 2.75) is 26.7 Å². The van der Waals surface area contributed by atoms with Gasteiger partial charge in [-0.05, 0) is 31.0 Å². The summed E-state index contributed by atoms with van der Waals surface area (Å²) in [7, 11) is 1.89. The molecule has 0 aliphatic heterocycles. The maximum absolute atomic E-state index is 5.98. The highest BCUT2D eigenvalue weighted by Crippen LogP contribution is 2.25. The van der Waals surface area contributed by atoms with Crippen molar-refractivity contribution >= 4 is 17.2 Å². The summed E-state index contributed by atoms with van der Waals surface area (Å²) in [6.45, 7) is 4.09. The number of anilines is 3. The van der Waals surface area contributed by atoms with Crippen LogP contribution in [-0.4, -0.2) is 9.78 Å². The molecule has 0 aliphatic carbocycles. The van der Waals surface area contributed by atoms with Gasteiger partial charge in [0.15, 0.2) is 5.82 Å². The minimum absolute atomic E-state index is 0.704. The SMILES string of the molecule is CCCc1ccc(Nc2c(N)c(C)nn2C)cc1. The molecule has 4 nitrogen and oxygen atoms in total. The topological polar surface area (TPSA) is 55.9 Å². The maximum Gasteiger partial charge on any atom is 0.152 e. The predicted octanol–water partition coefficient (Wildman–Crippen LogP) is 3.01. The molecule has 1 aromatic heterocycles. The molecule has 18 heavy (non-hydrogen) atoms. The van der Waals surface area contributed by atoms with Crippen molar-refractivity contribution in [1.29, 1.82) is 0 Å². The summed E-state index contributed by atoms with van der Waals surface area (Å²) in [6, 6.07) is 8.44. The third-order valence-corrected chi connectivity index (χ3v) is 3.02. The van der Waals surface area contributed by atoms with Crippen LogP contribution in [0.2, 0.25) is 0 Å². The highest BCUT2D eigenvalue weighted by atomic mass is 15.3. The fourth-order valence-electron chi connectivity index (χ4n) is 2.00. The number of hydrogen-bond donors (Lipinski definition) is 2. The Kier molecular flexibility index (Phi) is 3.55.